The van der Waals surface area contributed by atoms with Gasteiger partial charge in [-0.3, -0.25) is 5.32 Å². The fourth-order valence-corrected chi connectivity index (χ4v) is 2.84. The second-order valence-electron chi connectivity index (χ2n) is 2.64. The smallest absolute Gasteiger partial charge is 0.107 e. The van der Waals surface area contributed by atoms with Crippen LogP contribution in [0.3, 0.4) is 0 Å². The minimum absolute atomic E-state index is 0.0832. The average molecular weight is 294 g/mol. The summed E-state index contributed by atoms with van der Waals surface area (Å²) >= 11 is 10.8. The standard InChI is InChI=1S/C9H10BrClN2S/c1-2-3-13-7(5-12)8-4-6(10)9(11)14-8/h1,4,7,13H,3,5,12H2. The summed E-state index contributed by atoms with van der Waals surface area (Å²) in [5, 5.41) is 3.15. The fourth-order valence-electron chi connectivity index (χ4n) is 1.02. The van der Waals surface area contributed by atoms with Crippen molar-refractivity contribution in [3.05, 3.63) is 19.8 Å². The molecule has 1 unspecified atom stereocenters. The van der Waals surface area contributed by atoms with Gasteiger partial charge in [0.1, 0.15) is 4.34 Å². The molecule has 76 valence electrons. The van der Waals surface area contributed by atoms with Gasteiger partial charge in [-0.05, 0) is 22.0 Å². The molecule has 1 rings (SSSR count). The predicted octanol–water partition coefficient (Wildman–Crippen LogP) is 2.39. The number of thiophene rings is 1. The van der Waals surface area contributed by atoms with E-state index in [1.54, 1.807) is 0 Å². The van der Waals surface area contributed by atoms with E-state index in [9.17, 15) is 0 Å². The van der Waals surface area contributed by atoms with Crippen molar-refractivity contribution in [3.63, 3.8) is 0 Å². The first-order valence-electron chi connectivity index (χ1n) is 4.00. The van der Waals surface area contributed by atoms with E-state index in [-0.39, 0.29) is 6.04 Å². The minimum atomic E-state index is 0.0832. The van der Waals surface area contributed by atoms with Crippen molar-refractivity contribution < 1.29 is 0 Å². The zero-order valence-electron chi connectivity index (χ0n) is 7.39. The molecule has 0 radical (unpaired) electrons. The number of nitrogens with one attached hydrogen (secondary N) is 1. The lowest BCUT2D eigenvalue weighted by molar-refractivity contribution is 0.591. The van der Waals surface area contributed by atoms with E-state index in [2.05, 4.69) is 27.2 Å². The summed E-state index contributed by atoms with van der Waals surface area (Å²) in [5.74, 6) is 2.52. The molecule has 0 aromatic carbocycles. The summed E-state index contributed by atoms with van der Waals surface area (Å²) in [6.07, 6.45) is 5.16. The molecule has 0 fully saturated rings. The molecule has 2 nitrogen and oxygen atoms in total. The van der Waals surface area contributed by atoms with Crippen LogP contribution in [-0.4, -0.2) is 13.1 Å². The Morgan fingerprint density at radius 2 is 2.50 bits per heavy atom. The molecule has 0 spiro atoms. The zero-order chi connectivity index (χ0) is 10.6. The van der Waals surface area contributed by atoms with Gasteiger partial charge in [0.05, 0.1) is 12.6 Å². The van der Waals surface area contributed by atoms with Gasteiger partial charge in [0.25, 0.3) is 0 Å². The Bertz CT molecular complexity index is 326. The third kappa shape index (κ3) is 2.97. The number of halogens is 2. The molecule has 0 aliphatic heterocycles. The second kappa shape index (κ2) is 5.74. The van der Waals surface area contributed by atoms with Crippen LogP contribution in [0.25, 0.3) is 0 Å². The molecule has 1 aromatic heterocycles. The number of hydrogen-bond donors (Lipinski definition) is 2. The van der Waals surface area contributed by atoms with Gasteiger partial charge in [-0.1, -0.05) is 17.5 Å². The topological polar surface area (TPSA) is 38.0 Å². The third-order valence-corrected chi connectivity index (χ3v) is 4.28. The average Bonchev–Trinajstić information content (AvgIpc) is 2.48. The first-order valence-corrected chi connectivity index (χ1v) is 5.99. The molecule has 0 bridgehead atoms. The van der Waals surface area contributed by atoms with Crippen molar-refractivity contribution in [1.82, 2.24) is 5.32 Å². The fraction of sp³-hybridized carbons (Fsp3) is 0.333. The highest BCUT2D eigenvalue weighted by molar-refractivity contribution is 9.10. The van der Waals surface area contributed by atoms with E-state index < -0.39 is 0 Å². The normalized spacial score (nSPS) is 12.4. The van der Waals surface area contributed by atoms with Crippen LogP contribution in [0.15, 0.2) is 10.5 Å². The van der Waals surface area contributed by atoms with Gasteiger partial charge in [-0.25, -0.2) is 0 Å². The van der Waals surface area contributed by atoms with Crippen LogP contribution in [0, 0.1) is 12.3 Å². The first-order chi connectivity index (χ1) is 6.69. The van der Waals surface area contributed by atoms with Crippen LogP contribution in [0.5, 0.6) is 0 Å². The molecule has 1 atom stereocenters. The summed E-state index contributed by atoms with van der Waals surface area (Å²) in [4.78, 5) is 1.10. The van der Waals surface area contributed by atoms with Crippen molar-refractivity contribution in [3.8, 4) is 12.3 Å². The molecule has 0 aliphatic carbocycles. The SMILES string of the molecule is C#CCNC(CN)c1cc(Br)c(Cl)s1. The van der Waals surface area contributed by atoms with Crippen LogP contribution >= 0.6 is 38.9 Å². The molecule has 3 N–H and O–H groups in total. The number of hydrogen-bond acceptors (Lipinski definition) is 3. The lowest BCUT2D eigenvalue weighted by Gasteiger charge is -2.12. The number of nitrogens with two attached hydrogens (primary N) is 1. The van der Waals surface area contributed by atoms with Crippen molar-refractivity contribution in [2.45, 2.75) is 6.04 Å². The molecular formula is C9H10BrClN2S. The lowest BCUT2D eigenvalue weighted by Crippen LogP contribution is -2.27. The molecule has 0 saturated carbocycles. The Morgan fingerprint density at radius 1 is 1.79 bits per heavy atom. The van der Waals surface area contributed by atoms with Gasteiger partial charge >= 0.3 is 0 Å². The van der Waals surface area contributed by atoms with Crippen LogP contribution in [0.1, 0.15) is 10.9 Å². The van der Waals surface area contributed by atoms with Crippen LogP contribution in [0.4, 0.5) is 0 Å². The number of rotatable bonds is 4. The third-order valence-electron chi connectivity index (χ3n) is 1.69. The van der Waals surface area contributed by atoms with E-state index in [0.29, 0.717) is 13.1 Å². The van der Waals surface area contributed by atoms with Crippen LogP contribution in [0.2, 0.25) is 4.34 Å². The molecular weight excluding hydrogens is 284 g/mol. The van der Waals surface area contributed by atoms with Crippen molar-refractivity contribution in [2.24, 2.45) is 5.73 Å². The molecule has 14 heavy (non-hydrogen) atoms. The summed E-state index contributed by atoms with van der Waals surface area (Å²) < 4.78 is 1.64. The van der Waals surface area contributed by atoms with Gasteiger partial charge in [0.2, 0.25) is 0 Å². The highest BCUT2D eigenvalue weighted by Gasteiger charge is 2.13. The van der Waals surface area contributed by atoms with Crippen molar-refractivity contribution in [2.75, 3.05) is 13.1 Å². The van der Waals surface area contributed by atoms with Gasteiger partial charge in [-0.2, -0.15) is 0 Å². The molecule has 1 heterocycles. The van der Waals surface area contributed by atoms with Crippen molar-refractivity contribution in [1.29, 1.82) is 0 Å². The van der Waals surface area contributed by atoms with Crippen molar-refractivity contribution >= 4 is 38.9 Å². The Kier molecular flexibility index (Phi) is 4.93. The second-order valence-corrected chi connectivity index (χ2v) is 5.18. The first kappa shape index (κ1) is 12.0. The maximum atomic E-state index is 5.93. The van der Waals surface area contributed by atoms with Crippen LogP contribution in [-0.2, 0) is 0 Å². The zero-order valence-corrected chi connectivity index (χ0v) is 10.5. The Hall–Kier alpha value is -0.0500. The molecule has 0 saturated heterocycles. The highest BCUT2D eigenvalue weighted by Crippen LogP contribution is 2.34. The van der Waals surface area contributed by atoms with Gasteiger partial charge in [0, 0.05) is 15.9 Å². The minimum Gasteiger partial charge on any atom is -0.329 e. The molecule has 0 amide bonds. The van der Waals surface area contributed by atoms with Gasteiger partial charge < -0.3 is 5.73 Å². The molecule has 0 aliphatic rings. The molecule has 1 aromatic rings. The summed E-state index contributed by atoms with van der Waals surface area (Å²) in [7, 11) is 0. The Morgan fingerprint density at radius 3 is 2.93 bits per heavy atom. The largest absolute Gasteiger partial charge is 0.329 e. The predicted molar refractivity (Wildman–Crippen MR) is 65.7 cm³/mol. The summed E-state index contributed by atoms with van der Waals surface area (Å²) in [6, 6.07) is 2.05. The summed E-state index contributed by atoms with van der Waals surface area (Å²) in [5.41, 5.74) is 5.62. The Balaban J connectivity index is 2.74. The quantitative estimate of drug-likeness (QED) is 0.837. The van der Waals surface area contributed by atoms with E-state index in [1.165, 1.54) is 11.3 Å². The summed E-state index contributed by atoms with van der Waals surface area (Å²) in [6.45, 7) is 1.01. The monoisotopic (exact) mass is 292 g/mol. The van der Waals surface area contributed by atoms with E-state index in [0.717, 1.165) is 13.7 Å². The molecule has 5 heteroatoms. The van der Waals surface area contributed by atoms with Crippen LogP contribution < -0.4 is 11.1 Å². The lowest BCUT2D eigenvalue weighted by atomic mass is 10.2. The maximum absolute atomic E-state index is 5.93. The Labute approximate surface area is 101 Å². The van der Waals surface area contributed by atoms with Gasteiger partial charge in [-0.15, -0.1) is 17.8 Å². The van der Waals surface area contributed by atoms with E-state index in [4.69, 9.17) is 23.8 Å². The number of terminal acetylenes is 1. The van der Waals surface area contributed by atoms with E-state index >= 15 is 0 Å². The maximum Gasteiger partial charge on any atom is 0.107 e. The van der Waals surface area contributed by atoms with Gasteiger partial charge in [0.15, 0.2) is 0 Å². The van der Waals surface area contributed by atoms with E-state index in [1.807, 2.05) is 6.07 Å². The highest BCUT2D eigenvalue weighted by atomic mass is 79.9.